The van der Waals surface area contributed by atoms with Crippen LogP contribution in [0, 0.1) is 0 Å². The van der Waals surface area contributed by atoms with E-state index in [1.807, 2.05) is 0 Å². The number of allylic oxidation sites excluding steroid dienone is 18. The molecule has 76 heavy (non-hydrogen) atoms. The molecule has 0 rings (SSSR count). The maximum absolute atomic E-state index is 12.9. The molecule has 6 nitrogen and oxygen atoms in total. The van der Waals surface area contributed by atoms with Gasteiger partial charge in [0.25, 0.3) is 0 Å². The fourth-order valence-electron chi connectivity index (χ4n) is 8.71. The summed E-state index contributed by atoms with van der Waals surface area (Å²) in [4.78, 5) is 38.3. The average Bonchev–Trinajstić information content (AvgIpc) is 3.42. The van der Waals surface area contributed by atoms with Crippen LogP contribution in [0.2, 0.25) is 0 Å². The monoisotopic (exact) mass is 1050 g/mol. The van der Waals surface area contributed by atoms with E-state index in [9.17, 15) is 14.4 Å². The van der Waals surface area contributed by atoms with E-state index in [0.29, 0.717) is 19.3 Å². The molecule has 0 fully saturated rings. The Morgan fingerprint density at radius 2 is 0.513 bits per heavy atom. The molecule has 0 aliphatic carbocycles. The van der Waals surface area contributed by atoms with E-state index in [1.165, 1.54) is 135 Å². The minimum absolute atomic E-state index is 0.0882. The van der Waals surface area contributed by atoms with Gasteiger partial charge in [0, 0.05) is 19.3 Å². The zero-order chi connectivity index (χ0) is 55.0. The molecule has 1 unspecified atom stereocenters. The fourth-order valence-corrected chi connectivity index (χ4v) is 8.71. The summed E-state index contributed by atoms with van der Waals surface area (Å²) in [6.07, 6.45) is 86.5. The molecule has 0 aromatic rings. The molecule has 0 aliphatic rings. The Morgan fingerprint density at radius 1 is 0.276 bits per heavy atom. The van der Waals surface area contributed by atoms with Crippen LogP contribution in [0.1, 0.15) is 297 Å². The quantitative estimate of drug-likeness (QED) is 0.0261. The zero-order valence-electron chi connectivity index (χ0n) is 49.7. The third kappa shape index (κ3) is 60.9. The van der Waals surface area contributed by atoms with Crippen LogP contribution < -0.4 is 0 Å². The van der Waals surface area contributed by atoms with Gasteiger partial charge in [0.15, 0.2) is 6.10 Å². The Kier molecular flexibility index (Phi) is 60.3. The summed E-state index contributed by atoms with van der Waals surface area (Å²) in [6.45, 7) is 6.49. The highest BCUT2D eigenvalue weighted by molar-refractivity contribution is 5.71. The highest BCUT2D eigenvalue weighted by Crippen LogP contribution is 2.15. The van der Waals surface area contributed by atoms with E-state index in [-0.39, 0.29) is 31.1 Å². The molecule has 0 saturated heterocycles. The van der Waals surface area contributed by atoms with Crippen molar-refractivity contribution in [3.8, 4) is 0 Å². The van der Waals surface area contributed by atoms with Crippen molar-refractivity contribution in [1.82, 2.24) is 0 Å². The first kappa shape index (κ1) is 72.1. The molecule has 0 aliphatic heterocycles. The Hall–Kier alpha value is -3.93. The SMILES string of the molecule is CC/C=C\C/C=C\C/C=C\C/C=C\C/C=C\C/C=C\CCCCCCCCCCC(=O)OCC(COC(=O)CCCCCCC/C=C\CCCCCCC)OC(=O)CCCCCCCCC/C=C\C/C=C\CCCCC. The predicted octanol–water partition coefficient (Wildman–Crippen LogP) is 21.8. The lowest BCUT2D eigenvalue weighted by Gasteiger charge is -2.18. The van der Waals surface area contributed by atoms with E-state index < -0.39 is 6.10 Å². The molecule has 0 saturated carbocycles. The molecule has 0 aromatic heterocycles. The molecule has 1 atom stereocenters. The number of carbonyl (C=O) groups is 3. The second-order valence-corrected chi connectivity index (χ2v) is 20.9. The number of unbranched alkanes of at least 4 members (excludes halogenated alkanes) is 28. The Morgan fingerprint density at radius 3 is 0.842 bits per heavy atom. The van der Waals surface area contributed by atoms with Crippen LogP contribution in [0.15, 0.2) is 109 Å². The van der Waals surface area contributed by atoms with Crippen LogP contribution in [0.25, 0.3) is 0 Å². The molecule has 0 amide bonds. The van der Waals surface area contributed by atoms with Gasteiger partial charge in [-0.05, 0) is 128 Å². The second kappa shape index (κ2) is 63.6. The maximum Gasteiger partial charge on any atom is 0.306 e. The molecule has 0 heterocycles. The van der Waals surface area contributed by atoms with Crippen molar-refractivity contribution in [2.45, 2.75) is 303 Å². The van der Waals surface area contributed by atoms with Gasteiger partial charge in [0.1, 0.15) is 13.2 Å². The molecule has 434 valence electrons. The van der Waals surface area contributed by atoms with E-state index >= 15 is 0 Å². The first-order valence-electron chi connectivity index (χ1n) is 31.9. The molecular formula is C70H118O6. The van der Waals surface area contributed by atoms with Gasteiger partial charge >= 0.3 is 17.9 Å². The average molecular weight is 1060 g/mol. The van der Waals surface area contributed by atoms with Gasteiger partial charge in [0.2, 0.25) is 0 Å². The molecular weight excluding hydrogens is 937 g/mol. The van der Waals surface area contributed by atoms with Crippen molar-refractivity contribution in [2.24, 2.45) is 0 Å². The van der Waals surface area contributed by atoms with Gasteiger partial charge in [-0.15, -0.1) is 0 Å². The van der Waals surface area contributed by atoms with Crippen LogP contribution in [0.4, 0.5) is 0 Å². The van der Waals surface area contributed by atoms with E-state index in [4.69, 9.17) is 14.2 Å². The predicted molar refractivity (Wildman–Crippen MR) is 330 cm³/mol. The lowest BCUT2D eigenvalue weighted by atomic mass is 10.1. The van der Waals surface area contributed by atoms with Crippen molar-refractivity contribution in [2.75, 3.05) is 13.2 Å². The summed E-state index contributed by atoms with van der Waals surface area (Å²) in [6, 6.07) is 0. The number of esters is 3. The number of carbonyl (C=O) groups excluding carboxylic acids is 3. The summed E-state index contributed by atoms with van der Waals surface area (Å²) in [5, 5.41) is 0. The van der Waals surface area contributed by atoms with Crippen molar-refractivity contribution >= 4 is 17.9 Å². The fraction of sp³-hybridized carbons (Fsp3) is 0.700. The van der Waals surface area contributed by atoms with E-state index in [2.05, 4.69) is 130 Å². The molecule has 0 N–H and O–H groups in total. The van der Waals surface area contributed by atoms with Gasteiger partial charge in [-0.2, -0.15) is 0 Å². The van der Waals surface area contributed by atoms with Gasteiger partial charge < -0.3 is 14.2 Å². The molecule has 0 spiro atoms. The molecule has 0 radical (unpaired) electrons. The highest BCUT2D eigenvalue weighted by Gasteiger charge is 2.19. The normalized spacial score (nSPS) is 12.8. The van der Waals surface area contributed by atoms with Crippen LogP contribution in [-0.4, -0.2) is 37.2 Å². The number of rotatable bonds is 57. The van der Waals surface area contributed by atoms with Crippen molar-refractivity contribution in [3.05, 3.63) is 109 Å². The largest absolute Gasteiger partial charge is 0.462 e. The van der Waals surface area contributed by atoms with Gasteiger partial charge in [-0.1, -0.05) is 259 Å². The van der Waals surface area contributed by atoms with Crippen LogP contribution in [0.3, 0.4) is 0 Å². The summed E-state index contributed by atoms with van der Waals surface area (Å²) in [5.41, 5.74) is 0. The Bertz CT molecular complexity index is 1540. The van der Waals surface area contributed by atoms with Crippen molar-refractivity contribution < 1.29 is 28.6 Å². The molecule has 0 aromatic carbocycles. The molecule has 6 heteroatoms. The minimum Gasteiger partial charge on any atom is -0.462 e. The highest BCUT2D eigenvalue weighted by atomic mass is 16.6. The topological polar surface area (TPSA) is 78.9 Å². The Balaban J connectivity index is 4.36. The van der Waals surface area contributed by atoms with E-state index in [0.717, 1.165) is 122 Å². The van der Waals surface area contributed by atoms with Crippen LogP contribution >= 0.6 is 0 Å². The third-order valence-corrected chi connectivity index (χ3v) is 13.5. The standard InChI is InChI=1S/C70H118O6/c1-4-7-10-13-16-19-22-25-28-30-31-32-33-34-35-36-37-38-39-41-42-45-48-51-54-57-60-63-69(72)75-66-67(65-74-68(71)62-59-56-53-50-47-44-27-24-21-18-15-12-9-6-3)76-70(73)64-61-58-55-52-49-46-43-40-29-26-23-20-17-14-11-8-5-2/h7,10,16-17,19-20,24-29,31-32,34-35,37-38,67H,4-6,8-9,11-15,18,21-23,30,33,36,39-66H2,1-3H3/b10-7-,19-16-,20-17-,27-24-,28-25-,29-26-,32-31-,35-34-,38-37-. The third-order valence-electron chi connectivity index (χ3n) is 13.5. The smallest absolute Gasteiger partial charge is 0.306 e. The first-order valence-corrected chi connectivity index (χ1v) is 31.9. The van der Waals surface area contributed by atoms with Crippen LogP contribution in [0.5, 0.6) is 0 Å². The minimum atomic E-state index is -0.792. The lowest BCUT2D eigenvalue weighted by molar-refractivity contribution is -0.167. The van der Waals surface area contributed by atoms with E-state index in [1.54, 1.807) is 0 Å². The number of hydrogen-bond acceptors (Lipinski definition) is 6. The van der Waals surface area contributed by atoms with Crippen molar-refractivity contribution in [1.29, 1.82) is 0 Å². The summed E-state index contributed by atoms with van der Waals surface area (Å²) >= 11 is 0. The van der Waals surface area contributed by atoms with Gasteiger partial charge in [-0.3, -0.25) is 14.4 Å². The lowest BCUT2D eigenvalue weighted by Crippen LogP contribution is -2.30. The maximum atomic E-state index is 12.9. The summed E-state index contributed by atoms with van der Waals surface area (Å²) in [5.74, 6) is -0.906. The first-order chi connectivity index (χ1) is 37.5. The summed E-state index contributed by atoms with van der Waals surface area (Å²) in [7, 11) is 0. The summed E-state index contributed by atoms with van der Waals surface area (Å²) < 4.78 is 16.9. The zero-order valence-corrected chi connectivity index (χ0v) is 49.7. The Labute approximate surface area is 470 Å². The van der Waals surface area contributed by atoms with Gasteiger partial charge in [0.05, 0.1) is 0 Å². The number of hydrogen-bond donors (Lipinski definition) is 0. The van der Waals surface area contributed by atoms with Crippen molar-refractivity contribution in [3.63, 3.8) is 0 Å². The van der Waals surface area contributed by atoms with Gasteiger partial charge in [-0.25, -0.2) is 0 Å². The molecule has 0 bridgehead atoms. The van der Waals surface area contributed by atoms with Crippen LogP contribution in [-0.2, 0) is 28.6 Å². The second-order valence-electron chi connectivity index (χ2n) is 20.9. The number of ether oxygens (including phenoxy) is 3.